The summed E-state index contributed by atoms with van der Waals surface area (Å²) in [6, 6.07) is 13.3. The van der Waals surface area contributed by atoms with Gasteiger partial charge in [-0.1, -0.05) is 25.5 Å². The second kappa shape index (κ2) is 9.07. The van der Waals surface area contributed by atoms with Crippen molar-refractivity contribution in [2.75, 3.05) is 0 Å². The molecule has 0 aliphatic carbocycles. The van der Waals surface area contributed by atoms with Crippen molar-refractivity contribution < 1.29 is 13.9 Å². The summed E-state index contributed by atoms with van der Waals surface area (Å²) in [4.78, 5) is 12.2. The van der Waals surface area contributed by atoms with Crippen LogP contribution in [0.4, 0.5) is 0 Å². The van der Waals surface area contributed by atoms with E-state index in [4.69, 9.17) is 9.15 Å². The van der Waals surface area contributed by atoms with E-state index in [0.29, 0.717) is 12.3 Å². The number of aromatic nitrogens is 2. The normalized spacial score (nSPS) is 10.7. The van der Waals surface area contributed by atoms with Gasteiger partial charge in [-0.3, -0.25) is 9.48 Å². The molecule has 6 nitrogen and oxygen atoms in total. The van der Waals surface area contributed by atoms with Crippen molar-refractivity contribution in [3.05, 3.63) is 71.4 Å². The van der Waals surface area contributed by atoms with Crippen LogP contribution in [-0.2, 0) is 26.1 Å². The standard InChI is InChI=1S/C21H25N3O3/c1-3-5-16-6-8-18(9-7-16)26-15-19-10-11-20(27-19)21(25)22-14-17-12-13-24(4-2)23-17/h6-13H,3-5,14-15H2,1-2H3,(H,22,25). The van der Waals surface area contributed by atoms with Crippen LogP contribution in [0.1, 0.15) is 47.8 Å². The van der Waals surface area contributed by atoms with Crippen molar-refractivity contribution in [1.82, 2.24) is 15.1 Å². The van der Waals surface area contributed by atoms with Gasteiger partial charge in [0.2, 0.25) is 0 Å². The Morgan fingerprint density at radius 3 is 2.67 bits per heavy atom. The van der Waals surface area contributed by atoms with Gasteiger partial charge in [-0.05, 0) is 49.2 Å². The lowest BCUT2D eigenvalue weighted by molar-refractivity contribution is 0.0918. The van der Waals surface area contributed by atoms with Gasteiger partial charge < -0.3 is 14.5 Å². The summed E-state index contributed by atoms with van der Waals surface area (Å²) in [5.41, 5.74) is 2.11. The fraction of sp³-hybridized carbons (Fsp3) is 0.333. The molecule has 0 saturated heterocycles. The maximum absolute atomic E-state index is 12.2. The second-order valence-electron chi connectivity index (χ2n) is 6.29. The van der Waals surface area contributed by atoms with Crippen LogP contribution in [0.3, 0.4) is 0 Å². The zero-order chi connectivity index (χ0) is 19.1. The van der Waals surface area contributed by atoms with Crippen molar-refractivity contribution in [3.63, 3.8) is 0 Å². The number of carbonyl (C=O) groups is 1. The number of rotatable bonds is 9. The van der Waals surface area contributed by atoms with E-state index in [0.717, 1.165) is 30.8 Å². The van der Waals surface area contributed by atoms with Gasteiger partial charge in [-0.25, -0.2) is 0 Å². The van der Waals surface area contributed by atoms with Crippen LogP contribution in [0.25, 0.3) is 0 Å². The molecule has 0 fully saturated rings. The number of furan rings is 1. The van der Waals surface area contributed by atoms with Crippen LogP contribution >= 0.6 is 0 Å². The van der Waals surface area contributed by atoms with Crippen LogP contribution in [0, 0.1) is 0 Å². The van der Waals surface area contributed by atoms with Crippen LogP contribution in [0.5, 0.6) is 5.75 Å². The molecule has 1 aromatic carbocycles. The molecular weight excluding hydrogens is 342 g/mol. The van der Waals surface area contributed by atoms with Gasteiger partial charge in [0.05, 0.1) is 12.2 Å². The van der Waals surface area contributed by atoms with E-state index in [-0.39, 0.29) is 18.3 Å². The highest BCUT2D eigenvalue weighted by atomic mass is 16.5. The lowest BCUT2D eigenvalue weighted by Crippen LogP contribution is -2.22. The molecule has 0 unspecified atom stereocenters. The highest BCUT2D eigenvalue weighted by Crippen LogP contribution is 2.16. The van der Waals surface area contributed by atoms with Crippen LogP contribution in [0.2, 0.25) is 0 Å². The zero-order valence-electron chi connectivity index (χ0n) is 15.8. The first-order chi connectivity index (χ1) is 13.2. The Balaban J connectivity index is 1.49. The van der Waals surface area contributed by atoms with E-state index in [1.165, 1.54) is 5.56 Å². The molecule has 1 amide bonds. The van der Waals surface area contributed by atoms with Crippen molar-refractivity contribution >= 4 is 5.91 Å². The zero-order valence-corrected chi connectivity index (χ0v) is 15.8. The summed E-state index contributed by atoms with van der Waals surface area (Å²) < 4.78 is 13.1. The quantitative estimate of drug-likeness (QED) is 0.621. The Bertz CT molecular complexity index is 865. The SMILES string of the molecule is CCCc1ccc(OCc2ccc(C(=O)NCc3ccn(CC)n3)o2)cc1. The summed E-state index contributed by atoms with van der Waals surface area (Å²) in [7, 11) is 0. The minimum Gasteiger partial charge on any atom is -0.486 e. The fourth-order valence-electron chi connectivity index (χ4n) is 2.71. The van der Waals surface area contributed by atoms with Crippen molar-refractivity contribution in [2.45, 2.75) is 46.4 Å². The second-order valence-corrected chi connectivity index (χ2v) is 6.29. The molecule has 0 atom stereocenters. The Kier molecular flexibility index (Phi) is 6.30. The van der Waals surface area contributed by atoms with Gasteiger partial charge in [0.25, 0.3) is 5.91 Å². The predicted molar refractivity (Wildman–Crippen MR) is 103 cm³/mol. The molecular formula is C21H25N3O3. The predicted octanol–water partition coefficient (Wildman–Crippen LogP) is 3.96. The summed E-state index contributed by atoms with van der Waals surface area (Å²) >= 11 is 0. The number of carbonyl (C=O) groups excluding carboxylic acids is 1. The van der Waals surface area contributed by atoms with E-state index < -0.39 is 0 Å². The van der Waals surface area contributed by atoms with Gasteiger partial charge in [0.15, 0.2) is 5.76 Å². The number of hydrogen-bond acceptors (Lipinski definition) is 4. The Labute approximate surface area is 159 Å². The van der Waals surface area contributed by atoms with E-state index in [1.54, 1.807) is 12.1 Å². The Morgan fingerprint density at radius 2 is 1.96 bits per heavy atom. The molecule has 0 radical (unpaired) electrons. The molecule has 142 valence electrons. The highest BCUT2D eigenvalue weighted by Gasteiger charge is 2.12. The molecule has 2 heterocycles. The number of ether oxygens (including phenoxy) is 1. The highest BCUT2D eigenvalue weighted by molar-refractivity contribution is 5.91. The van der Waals surface area contributed by atoms with Crippen molar-refractivity contribution in [3.8, 4) is 5.75 Å². The van der Waals surface area contributed by atoms with Crippen molar-refractivity contribution in [2.24, 2.45) is 0 Å². The number of aryl methyl sites for hydroxylation is 2. The fourth-order valence-corrected chi connectivity index (χ4v) is 2.71. The molecule has 0 bridgehead atoms. The smallest absolute Gasteiger partial charge is 0.287 e. The summed E-state index contributed by atoms with van der Waals surface area (Å²) in [6.45, 7) is 5.62. The van der Waals surface area contributed by atoms with Gasteiger partial charge in [-0.15, -0.1) is 0 Å². The minimum atomic E-state index is -0.267. The maximum Gasteiger partial charge on any atom is 0.287 e. The Morgan fingerprint density at radius 1 is 1.15 bits per heavy atom. The molecule has 3 rings (SSSR count). The number of amides is 1. The van der Waals surface area contributed by atoms with Gasteiger partial charge >= 0.3 is 0 Å². The molecule has 3 aromatic rings. The van der Waals surface area contributed by atoms with Crippen LogP contribution < -0.4 is 10.1 Å². The average Bonchev–Trinajstić information content (AvgIpc) is 3.35. The van der Waals surface area contributed by atoms with Gasteiger partial charge in [-0.2, -0.15) is 5.10 Å². The summed E-state index contributed by atoms with van der Waals surface area (Å²) in [5.74, 6) is 1.38. The summed E-state index contributed by atoms with van der Waals surface area (Å²) in [5, 5.41) is 7.14. The van der Waals surface area contributed by atoms with Gasteiger partial charge in [0.1, 0.15) is 18.1 Å². The first kappa shape index (κ1) is 18.8. The lowest BCUT2D eigenvalue weighted by Gasteiger charge is -2.05. The number of hydrogen-bond donors (Lipinski definition) is 1. The molecule has 1 N–H and O–H groups in total. The van der Waals surface area contributed by atoms with Crippen LogP contribution in [0.15, 0.2) is 53.1 Å². The maximum atomic E-state index is 12.2. The number of nitrogens with one attached hydrogen (secondary N) is 1. The van der Waals surface area contributed by atoms with Gasteiger partial charge in [0, 0.05) is 12.7 Å². The average molecular weight is 367 g/mol. The molecule has 0 aliphatic heterocycles. The molecule has 2 aromatic heterocycles. The van der Waals surface area contributed by atoms with E-state index in [2.05, 4.69) is 29.5 Å². The third kappa shape index (κ3) is 5.23. The van der Waals surface area contributed by atoms with E-state index in [1.807, 2.05) is 36.0 Å². The summed E-state index contributed by atoms with van der Waals surface area (Å²) in [6.07, 6.45) is 4.08. The minimum absolute atomic E-state index is 0.266. The monoisotopic (exact) mass is 367 g/mol. The first-order valence-corrected chi connectivity index (χ1v) is 9.29. The number of benzene rings is 1. The van der Waals surface area contributed by atoms with Crippen LogP contribution in [-0.4, -0.2) is 15.7 Å². The van der Waals surface area contributed by atoms with Crippen molar-refractivity contribution in [1.29, 1.82) is 0 Å². The largest absolute Gasteiger partial charge is 0.486 e. The third-order valence-electron chi connectivity index (χ3n) is 4.18. The van der Waals surface area contributed by atoms with E-state index in [9.17, 15) is 4.79 Å². The molecule has 0 spiro atoms. The number of nitrogens with zero attached hydrogens (tertiary/aromatic N) is 2. The molecule has 27 heavy (non-hydrogen) atoms. The molecule has 6 heteroatoms. The van der Waals surface area contributed by atoms with E-state index >= 15 is 0 Å². The topological polar surface area (TPSA) is 69.3 Å². The molecule has 0 saturated carbocycles. The third-order valence-corrected chi connectivity index (χ3v) is 4.18. The Hall–Kier alpha value is -3.02. The molecule has 0 aliphatic rings. The lowest BCUT2D eigenvalue weighted by atomic mass is 10.1. The first-order valence-electron chi connectivity index (χ1n) is 9.29.